The second-order valence-corrected chi connectivity index (χ2v) is 6.26. The third-order valence-electron chi connectivity index (χ3n) is 4.03. The third-order valence-corrected chi connectivity index (χ3v) is 4.27. The van der Waals surface area contributed by atoms with Crippen LogP contribution in [-0.2, 0) is 9.53 Å². The second kappa shape index (κ2) is 7.54. The summed E-state index contributed by atoms with van der Waals surface area (Å²) in [4.78, 5) is 30.5. The molecule has 0 aliphatic carbocycles. The van der Waals surface area contributed by atoms with E-state index >= 15 is 0 Å². The Balaban J connectivity index is 1.73. The second-order valence-electron chi connectivity index (χ2n) is 5.82. The first-order valence-corrected chi connectivity index (χ1v) is 8.39. The van der Waals surface area contributed by atoms with Crippen LogP contribution in [0.2, 0.25) is 5.02 Å². The fourth-order valence-electron chi connectivity index (χ4n) is 2.55. The van der Waals surface area contributed by atoms with Crippen molar-refractivity contribution in [2.45, 2.75) is 6.92 Å². The minimum atomic E-state index is -0.591. The summed E-state index contributed by atoms with van der Waals surface area (Å²) in [5.41, 5.74) is 2.32. The molecule has 3 aromatic rings. The summed E-state index contributed by atoms with van der Waals surface area (Å²) in [7, 11) is 1.64. The Morgan fingerprint density at radius 3 is 2.58 bits per heavy atom. The number of amides is 1. The molecule has 6 heteroatoms. The van der Waals surface area contributed by atoms with Gasteiger partial charge in [0.25, 0.3) is 5.91 Å². The van der Waals surface area contributed by atoms with Crippen molar-refractivity contribution >= 4 is 40.1 Å². The highest BCUT2D eigenvalue weighted by molar-refractivity contribution is 6.31. The number of benzene rings is 2. The zero-order valence-electron chi connectivity index (χ0n) is 14.4. The van der Waals surface area contributed by atoms with Gasteiger partial charge < -0.3 is 9.64 Å². The molecule has 1 heterocycles. The van der Waals surface area contributed by atoms with Crippen molar-refractivity contribution in [1.82, 2.24) is 4.98 Å². The maximum atomic E-state index is 12.4. The molecule has 0 N–H and O–H groups in total. The van der Waals surface area contributed by atoms with Gasteiger partial charge in [-0.25, -0.2) is 4.79 Å². The molecular formula is C20H17ClN2O3. The van der Waals surface area contributed by atoms with Crippen LogP contribution >= 0.6 is 11.6 Å². The molecule has 0 bridgehead atoms. The summed E-state index contributed by atoms with van der Waals surface area (Å²) in [5, 5.41) is 1.30. The number of rotatable bonds is 4. The van der Waals surface area contributed by atoms with Gasteiger partial charge in [-0.15, -0.1) is 0 Å². The van der Waals surface area contributed by atoms with Crippen LogP contribution in [0.4, 0.5) is 5.69 Å². The number of nitrogens with zero attached hydrogens (tertiary/aromatic N) is 2. The van der Waals surface area contributed by atoms with Crippen molar-refractivity contribution < 1.29 is 14.3 Å². The number of pyridine rings is 1. The van der Waals surface area contributed by atoms with Crippen LogP contribution < -0.4 is 4.90 Å². The molecule has 132 valence electrons. The van der Waals surface area contributed by atoms with Crippen LogP contribution in [0.25, 0.3) is 10.9 Å². The van der Waals surface area contributed by atoms with Crippen LogP contribution in [0, 0.1) is 6.92 Å². The van der Waals surface area contributed by atoms with E-state index < -0.39 is 5.97 Å². The molecule has 26 heavy (non-hydrogen) atoms. The molecular weight excluding hydrogens is 352 g/mol. The molecule has 0 spiro atoms. The molecule has 0 saturated heterocycles. The quantitative estimate of drug-likeness (QED) is 0.653. The summed E-state index contributed by atoms with van der Waals surface area (Å²) in [6.45, 7) is 1.37. The Morgan fingerprint density at radius 1 is 1.12 bits per heavy atom. The Kier molecular flexibility index (Phi) is 5.19. The van der Waals surface area contributed by atoms with Crippen molar-refractivity contribution in [3.05, 3.63) is 70.9 Å². The van der Waals surface area contributed by atoms with E-state index in [1.165, 1.54) is 4.90 Å². The van der Waals surface area contributed by atoms with E-state index in [1.807, 2.05) is 18.2 Å². The zero-order chi connectivity index (χ0) is 18.7. The summed E-state index contributed by atoms with van der Waals surface area (Å²) >= 11 is 5.99. The molecule has 5 nitrogen and oxygen atoms in total. The Hall–Kier alpha value is -2.92. The SMILES string of the molecule is Cc1nc2ccc(Cl)cc2cc1C(=O)OCC(=O)N(C)c1ccccc1. The first-order chi connectivity index (χ1) is 12.5. The van der Waals surface area contributed by atoms with Gasteiger partial charge in [-0.2, -0.15) is 0 Å². The van der Waals surface area contributed by atoms with Crippen LogP contribution in [0.5, 0.6) is 0 Å². The monoisotopic (exact) mass is 368 g/mol. The van der Waals surface area contributed by atoms with Gasteiger partial charge in [-0.05, 0) is 43.3 Å². The normalized spacial score (nSPS) is 10.6. The lowest BCUT2D eigenvalue weighted by molar-refractivity contribution is -0.121. The number of aryl methyl sites for hydroxylation is 1. The lowest BCUT2D eigenvalue weighted by Gasteiger charge is -2.17. The number of fused-ring (bicyclic) bond motifs is 1. The van der Waals surface area contributed by atoms with Crippen LogP contribution in [-0.4, -0.2) is 30.5 Å². The first kappa shape index (κ1) is 17.9. The van der Waals surface area contributed by atoms with E-state index in [9.17, 15) is 9.59 Å². The van der Waals surface area contributed by atoms with Gasteiger partial charge in [-0.1, -0.05) is 29.8 Å². The van der Waals surface area contributed by atoms with Crippen LogP contribution in [0.15, 0.2) is 54.6 Å². The predicted octanol–water partition coefficient (Wildman–Crippen LogP) is 4.02. The standard InChI is InChI=1S/C20H17ClN2O3/c1-13-17(11-14-10-15(21)8-9-18(14)22-13)20(25)26-12-19(24)23(2)16-6-4-3-5-7-16/h3-11H,12H2,1-2H3. The highest BCUT2D eigenvalue weighted by atomic mass is 35.5. The number of esters is 1. The van der Waals surface area contributed by atoms with Crippen molar-refractivity contribution in [2.75, 3.05) is 18.6 Å². The number of ether oxygens (including phenoxy) is 1. The predicted molar refractivity (Wildman–Crippen MR) is 102 cm³/mol. The zero-order valence-corrected chi connectivity index (χ0v) is 15.2. The lowest BCUT2D eigenvalue weighted by atomic mass is 10.1. The molecule has 2 aromatic carbocycles. The summed E-state index contributed by atoms with van der Waals surface area (Å²) in [6, 6.07) is 16.1. The number of aromatic nitrogens is 1. The van der Waals surface area contributed by atoms with Gasteiger partial charge in [-0.3, -0.25) is 9.78 Å². The van der Waals surface area contributed by atoms with Crippen LogP contribution in [0.1, 0.15) is 16.1 Å². The van der Waals surface area contributed by atoms with E-state index in [-0.39, 0.29) is 12.5 Å². The molecule has 0 saturated carbocycles. The third kappa shape index (κ3) is 3.83. The van der Waals surface area contributed by atoms with Gasteiger partial charge in [0.05, 0.1) is 16.8 Å². The van der Waals surface area contributed by atoms with Gasteiger partial charge in [0.15, 0.2) is 6.61 Å². The first-order valence-electron chi connectivity index (χ1n) is 8.01. The lowest BCUT2D eigenvalue weighted by Crippen LogP contribution is -2.31. The molecule has 0 aliphatic heterocycles. The molecule has 0 atom stereocenters. The van der Waals surface area contributed by atoms with E-state index in [1.54, 1.807) is 50.4 Å². The average molecular weight is 369 g/mol. The fraction of sp³-hybridized carbons (Fsp3) is 0.150. The summed E-state index contributed by atoms with van der Waals surface area (Å²) < 4.78 is 5.19. The van der Waals surface area contributed by atoms with Gasteiger partial charge in [0, 0.05) is 23.1 Å². The molecule has 0 fully saturated rings. The molecule has 0 unspecified atom stereocenters. The number of hydrogen-bond acceptors (Lipinski definition) is 4. The molecule has 3 rings (SSSR count). The van der Waals surface area contributed by atoms with E-state index in [2.05, 4.69) is 4.98 Å². The fourth-order valence-corrected chi connectivity index (χ4v) is 2.73. The number of hydrogen-bond donors (Lipinski definition) is 0. The van der Waals surface area contributed by atoms with Crippen molar-refractivity contribution in [2.24, 2.45) is 0 Å². The number of likely N-dealkylation sites (N-methyl/N-ethyl adjacent to an activating group) is 1. The Bertz CT molecular complexity index is 973. The topological polar surface area (TPSA) is 59.5 Å². The van der Waals surface area contributed by atoms with E-state index in [4.69, 9.17) is 16.3 Å². The number of para-hydroxylation sites is 1. The minimum Gasteiger partial charge on any atom is -0.452 e. The van der Waals surface area contributed by atoms with Crippen molar-refractivity contribution in [3.8, 4) is 0 Å². The van der Waals surface area contributed by atoms with Crippen molar-refractivity contribution in [3.63, 3.8) is 0 Å². The van der Waals surface area contributed by atoms with Gasteiger partial charge in [0.2, 0.25) is 0 Å². The number of carbonyl (C=O) groups excluding carboxylic acids is 2. The highest BCUT2D eigenvalue weighted by Gasteiger charge is 2.17. The Labute approximate surface area is 156 Å². The summed E-state index contributed by atoms with van der Waals surface area (Å²) in [6.07, 6.45) is 0. The number of halogens is 1. The molecule has 1 amide bonds. The van der Waals surface area contributed by atoms with E-state index in [0.29, 0.717) is 16.3 Å². The maximum absolute atomic E-state index is 12.4. The highest BCUT2D eigenvalue weighted by Crippen LogP contribution is 2.21. The smallest absolute Gasteiger partial charge is 0.340 e. The van der Waals surface area contributed by atoms with Crippen LogP contribution in [0.3, 0.4) is 0 Å². The minimum absolute atomic E-state index is 0.315. The Morgan fingerprint density at radius 2 is 1.85 bits per heavy atom. The number of anilines is 1. The molecule has 1 aromatic heterocycles. The molecule has 0 radical (unpaired) electrons. The van der Waals surface area contributed by atoms with Gasteiger partial charge in [0.1, 0.15) is 0 Å². The summed E-state index contributed by atoms with van der Waals surface area (Å²) in [5.74, 6) is -0.911. The van der Waals surface area contributed by atoms with Crippen molar-refractivity contribution in [1.29, 1.82) is 0 Å². The van der Waals surface area contributed by atoms with Gasteiger partial charge >= 0.3 is 5.97 Å². The molecule has 0 aliphatic rings. The van der Waals surface area contributed by atoms with E-state index in [0.717, 1.165) is 16.6 Å². The average Bonchev–Trinajstić information content (AvgIpc) is 2.65. The number of carbonyl (C=O) groups is 2. The maximum Gasteiger partial charge on any atom is 0.340 e. The largest absolute Gasteiger partial charge is 0.452 e.